The number of rotatable bonds is 3. The smallest absolute Gasteiger partial charge is 0.318 e. The number of carboxylic acids is 1. The summed E-state index contributed by atoms with van der Waals surface area (Å²) in [5.41, 5.74) is 0. The number of aliphatic carboxylic acids is 1. The third kappa shape index (κ3) is 1.84. The molecule has 1 fully saturated rings. The Kier molecular flexibility index (Phi) is 2.34. The Morgan fingerprint density at radius 3 is 2.79 bits per heavy atom. The molecule has 0 radical (unpaired) electrons. The van der Waals surface area contributed by atoms with Gasteiger partial charge in [-0.15, -0.1) is 5.10 Å². The molecule has 2 heterocycles. The number of nitrogens with zero attached hydrogens (tertiary/aromatic N) is 3. The van der Waals surface area contributed by atoms with E-state index >= 15 is 0 Å². The van der Waals surface area contributed by atoms with E-state index < -0.39 is 5.97 Å². The van der Waals surface area contributed by atoms with Gasteiger partial charge in [0.05, 0.1) is 0 Å². The summed E-state index contributed by atoms with van der Waals surface area (Å²) < 4.78 is 5.20. The second-order valence-corrected chi connectivity index (χ2v) is 3.24. The molecule has 76 valence electrons. The maximum Gasteiger partial charge on any atom is 0.318 e. The monoisotopic (exact) mass is 197 g/mol. The third-order valence-corrected chi connectivity index (χ3v) is 2.14. The van der Waals surface area contributed by atoms with Gasteiger partial charge in [0.1, 0.15) is 6.42 Å². The van der Waals surface area contributed by atoms with E-state index in [0.717, 1.165) is 25.9 Å². The number of aromatic nitrogens is 2. The van der Waals surface area contributed by atoms with Crippen molar-refractivity contribution in [1.29, 1.82) is 0 Å². The highest BCUT2D eigenvalue weighted by Gasteiger charge is 2.18. The fourth-order valence-electron chi connectivity index (χ4n) is 1.48. The second kappa shape index (κ2) is 3.65. The van der Waals surface area contributed by atoms with Crippen LogP contribution in [0.5, 0.6) is 0 Å². The Morgan fingerprint density at radius 1 is 1.43 bits per heavy atom. The summed E-state index contributed by atoms with van der Waals surface area (Å²) in [5.74, 6) is -0.791. The van der Waals surface area contributed by atoms with E-state index in [0.29, 0.717) is 6.01 Å². The van der Waals surface area contributed by atoms with Gasteiger partial charge in [-0.05, 0) is 12.8 Å². The molecule has 14 heavy (non-hydrogen) atoms. The zero-order chi connectivity index (χ0) is 9.97. The number of hydrogen-bond acceptors (Lipinski definition) is 5. The van der Waals surface area contributed by atoms with Gasteiger partial charge >= 0.3 is 12.0 Å². The Labute approximate surface area is 80.5 Å². The quantitative estimate of drug-likeness (QED) is 0.750. The van der Waals surface area contributed by atoms with E-state index in [4.69, 9.17) is 9.52 Å². The lowest BCUT2D eigenvalue weighted by molar-refractivity contribution is -0.136. The summed E-state index contributed by atoms with van der Waals surface area (Å²) in [7, 11) is 0. The fourth-order valence-corrected chi connectivity index (χ4v) is 1.48. The van der Waals surface area contributed by atoms with Crippen LogP contribution < -0.4 is 4.90 Å². The molecule has 0 aromatic carbocycles. The molecule has 1 aromatic heterocycles. The van der Waals surface area contributed by atoms with Gasteiger partial charge in [0, 0.05) is 13.1 Å². The first kappa shape index (κ1) is 8.98. The molecule has 6 nitrogen and oxygen atoms in total. The maximum atomic E-state index is 10.4. The zero-order valence-electron chi connectivity index (χ0n) is 7.64. The summed E-state index contributed by atoms with van der Waals surface area (Å²) in [5, 5.41) is 16.0. The number of hydrogen-bond donors (Lipinski definition) is 1. The highest BCUT2D eigenvalue weighted by Crippen LogP contribution is 2.18. The molecular formula is C8H11N3O3. The van der Waals surface area contributed by atoms with Crippen LogP contribution in [-0.2, 0) is 11.2 Å². The van der Waals surface area contributed by atoms with Crippen LogP contribution in [0.2, 0.25) is 0 Å². The Balaban J connectivity index is 2.05. The summed E-state index contributed by atoms with van der Waals surface area (Å²) in [6.07, 6.45) is 2.04. The van der Waals surface area contributed by atoms with Gasteiger partial charge < -0.3 is 14.4 Å². The normalized spacial score (nSPS) is 16.1. The summed E-state index contributed by atoms with van der Waals surface area (Å²) >= 11 is 0. The van der Waals surface area contributed by atoms with Crippen LogP contribution in [0.3, 0.4) is 0 Å². The topological polar surface area (TPSA) is 79.5 Å². The van der Waals surface area contributed by atoms with E-state index in [2.05, 4.69) is 10.2 Å². The van der Waals surface area contributed by atoms with E-state index in [1.807, 2.05) is 4.90 Å². The summed E-state index contributed by atoms with van der Waals surface area (Å²) in [4.78, 5) is 12.3. The number of anilines is 1. The van der Waals surface area contributed by atoms with Crippen molar-refractivity contribution < 1.29 is 14.3 Å². The van der Waals surface area contributed by atoms with Gasteiger partial charge in [-0.3, -0.25) is 4.79 Å². The summed E-state index contributed by atoms with van der Waals surface area (Å²) in [6, 6.07) is 0.443. The van der Waals surface area contributed by atoms with Crippen LogP contribution in [-0.4, -0.2) is 34.4 Å². The van der Waals surface area contributed by atoms with Gasteiger partial charge in [0.25, 0.3) is 0 Å². The summed E-state index contributed by atoms with van der Waals surface area (Å²) in [6.45, 7) is 1.82. The molecule has 0 aliphatic carbocycles. The first-order valence-electron chi connectivity index (χ1n) is 4.55. The molecule has 0 bridgehead atoms. The first-order chi connectivity index (χ1) is 6.75. The molecule has 0 saturated carbocycles. The minimum absolute atomic E-state index is 0.166. The van der Waals surface area contributed by atoms with Crippen molar-refractivity contribution in [2.75, 3.05) is 18.0 Å². The second-order valence-electron chi connectivity index (χ2n) is 3.24. The molecule has 1 saturated heterocycles. The van der Waals surface area contributed by atoms with E-state index in [9.17, 15) is 4.79 Å². The molecule has 0 atom stereocenters. The Hall–Kier alpha value is -1.59. The Bertz CT molecular complexity index is 330. The van der Waals surface area contributed by atoms with Crippen LogP contribution in [0.4, 0.5) is 6.01 Å². The standard InChI is InChI=1S/C8H11N3O3/c12-7(13)5-6-9-10-8(14-6)11-3-1-2-4-11/h1-5H2,(H,12,13). The van der Waals surface area contributed by atoms with Crippen LogP contribution in [0.1, 0.15) is 18.7 Å². The molecular weight excluding hydrogens is 186 g/mol. The van der Waals surface area contributed by atoms with Gasteiger partial charge in [0.15, 0.2) is 0 Å². The molecule has 2 rings (SSSR count). The van der Waals surface area contributed by atoms with E-state index in [-0.39, 0.29) is 12.3 Å². The molecule has 1 aliphatic rings. The van der Waals surface area contributed by atoms with Crippen LogP contribution >= 0.6 is 0 Å². The average Bonchev–Trinajstić information content (AvgIpc) is 2.69. The minimum atomic E-state index is -0.957. The molecule has 6 heteroatoms. The molecule has 0 unspecified atom stereocenters. The largest absolute Gasteiger partial charge is 0.481 e. The van der Waals surface area contributed by atoms with Crippen molar-refractivity contribution in [2.24, 2.45) is 0 Å². The maximum absolute atomic E-state index is 10.4. The molecule has 0 spiro atoms. The SMILES string of the molecule is O=C(O)Cc1nnc(N2CCCC2)o1. The lowest BCUT2D eigenvalue weighted by Gasteiger charge is -2.09. The predicted molar refractivity (Wildman–Crippen MR) is 47.1 cm³/mol. The highest BCUT2D eigenvalue weighted by atomic mass is 16.4. The predicted octanol–water partition coefficient (Wildman–Crippen LogP) is 0.297. The molecule has 1 aromatic rings. The van der Waals surface area contributed by atoms with Crippen LogP contribution in [0.25, 0.3) is 0 Å². The van der Waals surface area contributed by atoms with Gasteiger partial charge in [-0.2, -0.15) is 0 Å². The van der Waals surface area contributed by atoms with E-state index in [1.165, 1.54) is 0 Å². The molecule has 0 amide bonds. The van der Waals surface area contributed by atoms with Crippen LogP contribution in [0, 0.1) is 0 Å². The van der Waals surface area contributed by atoms with Crippen molar-refractivity contribution in [3.63, 3.8) is 0 Å². The van der Waals surface area contributed by atoms with Crippen molar-refractivity contribution in [1.82, 2.24) is 10.2 Å². The number of carboxylic acid groups (broad SMARTS) is 1. The Morgan fingerprint density at radius 2 is 2.14 bits per heavy atom. The number of carbonyl (C=O) groups is 1. The van der Waals surface area contributed by atoms with Crippen molar-refractivity contribution in [3.05, 3.63) is 5.89 Å². The van der Waals surface area contributed by atoms with Gasteiger partial charge in [-0.1, -0.05) is 5.10 Å². The van der Waals surface area contributed by atoms with Crippen molar-refractivity contribution in [3.8, 4) is 0 Å². The van der Waals surface area contributed by atoms with Crippen molar-refractivity contribution in [2.45, 2.75) is 19.3 Å². The van der Waals surface area contributed by atoms with Gasteiger partial charge in [0.2, 0.25) is 5.89 Å². The zero-order valence-corrected chi connectivity index (χ0v) is 7.64. The minimum Gasteiger partial charge on any atom is -0.481 e. The third-order valence-electron chi connectivity index (χ3n) is 2.14. The van der Waals surface area contributed by atoms with Crippen LogP contribution in [0.15, 0.2) is 4.42 Å². The lowest BCUT2D eigenvalue weighted by Crippen LogP contribution is -2.17. The average molecular weight is 197 g/mol. The van der Waals surface area contributed by atoms with Crippen molar-refractivity contribution >= 4 is 12.0 Å². The fraction of sp³-hybridized carbons (Fsp3) is 0.625. The lowest BCUT2D eigenvalue weighted by atomic mass is 10.4. The highest BCUT2D eigenvalue weighted by molar-refractivity contribution is 5.68. The molecule has 1 aliphatic heterocycles. The van der Waals surface area contributed by atoms with Gasteiger partial charge in [-0.25, -0.2) is 0 Å². The molecule has 1 N–H and O–H groups in total. The van der Waals surface area contributed by atoms with E-state index in [1.54, 1.807) is 0 Å². The first-order valence-corrected chi connectivity index (χ1v) is 4.55.